The zero-order chi connectivity index (χ0) is 18.4. The van der Waals surface area contributed by atoms with Gasteiger partial charge in [0.25, 0.3) is 5.91 Å². The third kappa shape index (κ3) is 4.58. The van der Waals surface area contributed by atoms with Crippen LogP contribution >= 0.6 is 11.3 Å². The maximum absolute atomic E-state index is 13.2. The van der Waals surface area contributed by atoms with Gasteiger partial charge in [-0.2, -0.15) is 0 Å². The van der Waals surface area contributed by atoms with Crippen molar-refractivity contribution in [2.24, 2.45) is 0 Å². The van der Waals surface area contributed by atoms with Crippen LogP contribution in [0.1, 0.15) is 17.4 Å². The van der Waals surface area contributed by atoms with Gasteiger partial charge in [-0.15, -0.1) is 11.3 Å². The summed E-state index contributed by atoms with van der Waals surface area (Å²) in [6, 6.07) is 16.9. The summed E-state index contributed by atoms with van der Waals surface area (Å²) in [5, 5.41) is 4.83. The molecular formula is C21H18FNO2S. The molecule has 0 aliphatic heterocycles. The lowest BCUT2D eigenvalue weighted by Crippen LogP contribution is -2.13. The van der Waals surface area contributed by atoms with Crippen LogP contribution in [0.2, 0.25) is 0 Å². The number of carbonyl (C=O) groups excluding carboxylic acids is 1. The van der Waals surface area contributed by atoms with Gasteiger partial charge in [0, 0.05) is 16.1 Å². The summed E-state index contributed by atoms with van der Waals surface area (Å²) in [7, 11) is 0. The second kappa shape index (κ2) is 8.45. The van der Waals surface area contributed by atoms with Crippen LogP contribution in [-0.4, -0.2) is 12.5 Å². The smallest absolute Gasteiger partial charge is 0.256 e. The number of anilines is 1. The highest BCUT2D eigenvalue weighted by molar-refractivity contribution is 7.11. The topological polar surface area (TPSA) is 38.3 Å². The van der Waals surface area contributed by atoms with Crippen molar-refractivity contribution < 1.29 is 13.9 Å². The average molecular weight is 367 g/mol. The van der Waals surface area contributed by atoms with E-state index in [1.54, 1.807) is 36.4 Å². The van der Waals surface area contributed by atoms with E-state index in [0.717, 1.165) is 10.6 Å². The van der Waals surface area contributed by atoms with E-state index in [0.29, 0.717) is 23.4 Å². The van der Waals surface area contributed by atoms with Crippen LogP contribution in [0.15, 0.2) is 66.0 Å². The molecule has 0 aliphatic rings. The van der Waals surface area contributed by atoms with Crippen molar-refractivity contribution in [1.29, 1.82) is 0 Å². The van der Waals surface area contributed by atoms with Gasteiger partial charge in [-0.05, 0) is 66.4 Å². The van der Waals surface area contributed by atoms with Gasteiger partial charge in [-0.3, -0.25) is 4.79 Å². The van der Waals surface area contributed by atoms with Crippen molar-refractivity contribution in [3.05, 3.63) is 82.3 Å². The van der Waals surface area contributed by atoms with Crippen LogP contribution in [0.5, 0.6) is 5.75 Å². The molecule has 0 saturated carbocycles. The van der Waals surface area contributed by atoms with Crippen LogP contribution in [0.25, 0.3) is 11.6 Å². The summed E-state index contributed by atoms with van der Waals surface area (Å²) >= 11 is 1.53. The maximum atomic E-state index is 13.2. The van der Waals surface area contributed by atoms with Gasteiger partial charge in [-0.25, -0.2) is 4.39 Å². The first-order chi connectivity index (χ1) is 12.7. The molecule has 0 radical (unpaired) electrons. The Balaban J connectivity index is 1.86. The molecule has 3 aromatic rings. The fourth-order valence-corrected chi connectivity index (χ4v) is 3.08. The Labute approximate surface area is 155 Å². The summed E-state index contributed by atoms with van der Waals surface area (Å²) < 4.78 is 18.7. The number of ether oxygens (including phenoxy) is 1. The van der Waals surface area contributed by atoms with Gasteiger partial charge in [0.05, 0.1) is 6.61 Å². The van der Waals surface area contributed by atoms with E-state index >= 15 is 0 Å². The summed E-state index contributed by atoms with van der Waals surface area (Å²) in [5.41, 5.74) is 1.79. The number of nitrogens with one attached hydrogen (secondary N) is 1. The van der Waals surface area contributed by atoms with E-state index in [9.17, 15) is 9.18 Å². The fourth-order valence-electron chi connectivity index (χ4n) is 2.42. The van der Waals surface area contributed by atoms with E-state index in [1.165, 1.54) is 23.5 Å². The van der Waals surface area contributed by atoms with E-state index in [4.69, 9.17) is 4.74 Å². The van der Waals surface area contributed by atoms with E-state index in [1.807, 2.05) is 30.5 Å². The number of amides is 1. The molecule has 26 heavy (non-hydrogen) atoms. The molecule has 2 aromatic carbocycles. The lowest BCUT2D eigenvalue weighted by Gasteiger charge is -2.10. The minimum atomic E-state index is -0.337. The lowest BCUT2D eigenvalue weighted by molar-refractivity contribution is -0.111. The highest BCUT2D eigenvalue weighted by Crippen LogP contribution is 2.24. The van der Waals surface area contributed by atoms with Gasteiger partial charge in [-0.1, -0.05) is 18.2 Å². The van der Waals surface area contributed by atoms with Crippen LogP contribution in [0.3, 0.4) is 0 Å². The summed E-state index contributed by atoms with van der Waals surface area (Å²) in [4.78, 5) is 13.8. The molecular weight excluding hydrogens is 349 g/mol. The minimum absolute atomic E-state index is 0.255. The van der Waals surface area contributed by atoms with Crippen LogP contribution < -0.4 is 10.1 Å². The molecule has 0 fully saturated rings. The molecule has 0 spiro atoms. The predicted octanol–water partition coefficient (Wildman–Crippen LogP) is 5.47. The van der Waals surface area contributed by atoms with Gasteiger partial charge >= 0.3 is 0 Å². The molecule has 5 heteroatoms. The Bertz CT molecular complexity index is 885. The minimum Gasteiger partial charge on any atom is -0.494 e. The highest BCUT2D eigenvalue weighted by atomic mass is 32.1. The van der Waals surface area contributed by atoms with Crippen molar-refractivity contribution in [2.75, 3.05) is 11.9 Å². The fraction of sp³-hybridized carbons (Fsp3) is 0.0952. The maximum Gasteiger partial charge on any atom is 0.256 e. The average Bonchev–Trinajstić information content (AvgIpc) is 3.16. The number of thiophene rings is 1. The third-order valence-electron chi connectivity index (χ3n) is 3.65. The van der Waals surface area contributed by atoms with E-state index in [2.05, 4.69) is 5.32 Å². The highest BCUT2D eigenvalue weighted by Gasteiger charge is 2.13. The second-order valence-corrected chi connectivity index (χ2v) is 6.47. The molecule has 1 amide bonds. The van der Waals surface area contributed by atoms with Crippen molar-refractivity contribution in [3.63, 3.8) is 0 Å². The number of hydrogen-bond donors (Lipinski definition) is 1. The summed E-state index contributed by atoms with van der Waals surface area (Å²) in [6.07, 6.45) is 1.81. The molecule has 0 atom stereocenters. The van der Waals surface area contributed by atoms with Gasteiger partial charge in [0.2, 0.25) is 0 Å². The first-order valence-corrected chi connectivity index (χ1v) is 9.09. The van der Waals surface area contributed by atoms with Gasteiger partial charge in [0.15, 0.2) is 0 Å². The Kier molecular flexibility index (Phi) is 5.81. The molecule has 132 valence electrons. The number of hydrogen-bond acceptors (Lipinski definition) is 3. The van der Waals surface area contributed by atoms with Crippen LogP contribution in [0.4, 0.5) is 10.1 Å². The molecule has 3 rings (SSSR count). The molecule has 0 saturated heterocycles. The molecule has 1 aromatic heterocycles. The van der Waals surface area contributed by atoms with Gasteiger partial charge in [0.1, 0.15) is 11.6 Å². The third-order valence-corrected chi connectivity index (χ3v) is 4.47. The molecule has 0 aliphatic carbocycles. The SMILES string of the molecule is CCOc1ccc(NC(=O)C(=Cc2cccs2)c2ccc(F)cc2)cc1. The molecule has 0 unspecified atom stereocenters. The first kappa shape index (κ1) is 17.9. The van der Waals surface area contributed by atoms with Crippen LogP contribution in [-0.2, 0) is 4.79 Å². The zero-order valence-electron chi connectivity index (χ0n) is 14.2. The molecule has 1 heterocycles. The van der Waals surface area contributed by atoms with E-state index < -0.39 is 0 Å². The van der Waals surface area contributed by atoms with E-state index in [-0.39, 0.29) is 11.7 Å². The lowest BCUT2D eigenvalue weighted by atomic mass is 10.0. The van der Waals surface area contributed by atoms with Crippen molar-refractivity contribution in [2.45, 2.75) is 6.92 Å². The Hall–Kier alpha value is -2.92. The van der Waals surface area contributed by atoms with Crippen molar-refractivity contribution >= 4 is 34.6 Å². The quantitative estimate of drug-likeness (QED) is 0.587. The standard InChI is InChI=1S/C21H18FNO2S/c1-2-25-18-11-9-17(10-12-18)23-21(24)20(14-19-4-3-13-26-19)15-5-7-16(22)8-6-15/h3-14H,2H2,1H3,(H,23,24). The molecule has 3 nitrogen and oxygen atoms in total. The Morgan fingerprint density at radius 2 is 1.85 bits per heavy atom. The van der Waals surface area contributed by atoms with Crippen molar-refractivity contribution in [3.8, 4) is 5.75 Å². The Morgan fingerprint density at radius 3 is 2.46 bits per heavy atom. The molecule has 0 bridgehead atoms. The van der Waals surface area contributed by atoms with Crippen LogP contribution in [0, 0.1) is 5.82 Å². The largest absolute Gasteiger partial charge is 0.494 e. The monoisotopic (exact) mass is 367 g/mol. The Morgan fingerprint density at radius 1 is 1.12 bits per heavy atom. The van der Waals surface area contributed by atoms with Crippen molar-refractivity contribution in [1.82, 2.24) is 0 Å². The predicted molar refractivity (Wildman–Crippen MR) is 105 cm³/mol. The number of carbonyl (C=O) groups is 1. The first-order valence-electron chi connectivity index (χ1n) is 8.21. The van der Waals surface area contributed by atoms with Gasteiger partial charge < -0.3 is 10.1 Å². The zero-order valence-corrected chi connectivity index (χ0v) is 15.1. The number of benzene rings is 2. The number of halogens is 1. The second-order valence-electron chi connectivity index (χ2n) is 5.49. The normalized spacial score (nSPS) is 11.2. The summed E-state index contributed by atoms with van der Waals surface area (Å²) in [6.45, 7) is 2.50. The molecule has 1 N–H and O–H groups in total. The summed E-state index contributed by atoms with van der Waals surface area (Å²) in [5.74, 6) is 0.156. The number of rotatable bonds is 6.